The maximum Gasteiger partial charge on any atom is 0.274 e. The Morgan fingerprint density at radius 3 is 1.24 bits per heavy atom. The Kier molecular flexibility index (Phi) is 34.3. The second kappa shape index (κ2) is 52.3. The number of piperidine rings is 4. The van der Waals surface area contributed by atoms with Gasteiger partial charge in [0.1, 0.15) is 46.4 Å². The first kappa shape index (κ1) is 94.4. The number of alkyl halides is 1. The van der Waals surface area contributed by atoms with Gasteiger partial charge in [0.05, 0.1) is 0 Å². The van der Waals surface area contributed by atoms with Gasteiger partial charge in [-0.25, -0.2) is 28.7 Å². The second-order valence-electron chi connectivity index (χ2n) is 39.5. The zero-order valence-corrected chi connectivity index (χ0v) is 84.9. The Morgan fingerprint density at radius 2 is 0.806 bits per heavy atom. The summed E-state index contributed by atoms with van der Waals surface area (Å²) in [6, 6.07) is 56.1. The first-order valence-electron chi connectivity index (χ1n) is 55.5. The Labute approximate surface area is 866 Å². The van der Waals surface area contributed by atoms with E-state index in [1.807, 2.05) is 43.3 Å². The zero-order valence-electron chi connectivity index (χ0n) is 92.2. The van der Waals surface area contributed by atoms with Crippen molar-refractivity contribution in [2.24, 2.45) is 0 Å². The Bertz CT molecular complexity index is 6350. The van der Waals surface area contributed by atoms with Crippen molar-refractivity contribution in [1.29, 1.82) is 0 Å². The molecule has 0 bridgehead atoms. The summed E-state index contributed by atoms with van der Waals surface area (Å²) in [6.45, 7) is 21.6. The smallest absolute Gasteiger partial charge is 0.274 e. The van der Waals surface area contributed by atoms with Crippen LogP contribution >= 0.6 is 11.6 Å². The van der Waals surface area contributed by atoms with Crippen LogP contribution in [0.15, 0.2) is 232 Å². The van der Waals surface area contributed by atoms with Crippen LogP contribution in [0.2, 0.25) is 5.02 Å². The predicted octanol–water partition coefficient (Wildman–Crippen LogP) is 19.4. The van der Waals surface area contributed by atoms with E-state index in [2.05, 4.69) is 168 Å². The van der Waals surface area contributed by atoms with Gasteiger partial charge in [-0.1, -0.05) is 78.3 Å². The van der Waals surface area contributed by atoms with E-state index < -0.39 is 32.2 Å². The molecular formula is C115H145ClF2N22O4. The molecule has 4 N–H and O–H groups in total. The minimum atomic E-state index is -1.66. The van der Waals surface area contributed by atoms with Gasteiger partial charge in [-0.15, -0.1) is 0 Å². The molecule has 11 aromatic rings. The molecule has 0 aliphatic carbocycles. The maximum absolute atomic E-state index is 15.1. The molecule has 16 heterocycles. The number of carbonyl (C=O) groups excluding carboxylic acids is 4. The summed E-state index contributed by atoms with van der Waals surface area (Å²) < 4.78 is 99.6. The summed E-state index contributed by atoms with van der Waals surface area (Å²) in [5.41, 5.74) is 12.7. The lowest BCUT2D eigenvalue weighted by molar-refractivity contribution is 0.0254. The Balaban J connectivity index is 0.000000144. The summed E-state index contributed by atoms with van der Waals surface area (Å²) >= 11 is 6.49. The summed E-state index contributed by atoms with van der Waals surface area (Å²) in [5, 5.41) is 12.2. The van der Waals surface area contributed by atoms with Gasteiger partial charge >= 0.3 is 0 Å². The van der Waals surface area contributed by atoms with Crippen molar-refractivity contribution < 1.29 is 38.9 Å². The molecule has 760 valence electrons. The molecule has 8 aliphatic rings. The fourth-order valence-electron chi connectivity index (χ4n) is 21.0. The minimum absolute atomic E-state index is 0.0571. The number of amides is 4. The van der Waals surface area contributed by atoms with E-state index >= 15 is 4.39 Å². The number of rotatable bonds is 23. The van der Waals surface area contributed by atoms with Crippen molar-refractivity contribution in [2.75, 3.05) is 149 Å². The predicted molar refractivity (Wildman–Crippen MR) is 571 cm³/mol. The highest BCUT2D eigenvalue weighted by molar-refractivity contribution is 6.31. The van der Waals surface area contributed by atoms with Gasteiger partial charge in [0.2, 0.25) is 0 Å². The molecular weight excluding hydrogens is 1830 g/mol. The number of aromatic nitrogens is 8. The van der Waals surface area contributed by atoms with Crippen molar-refractivity contribution in [1.82, 2.24) is 79.1 Å². The SMILES string of the molecule is [2H]C1([2H])CCC(c2cccc(C(=O)Nc3ccncc3)n2)CC(C)N1C1CCN(Cc2ccc(C)cc2Cl)CC1.[2H]C1([2H])CCC(c2cccc(C(=O)Nc3ccncc3)n2)CC(C)N1C1CCN(Cc2ccccc2C)CC1.[2H]C1([2H])CCN(C2CCN(C(C)C)CC2F)CCN1c1cccc(C(=O)Nc2ccncc2)n1.[2H]C1([2H])CCN(C2CCN(Cc3ccc(F)cc3C)CC2)CCN1c1cccc(C(=O)Nc2ccncc2)n1. The third-order valence-corrected chi connectivity index (χ3v) is 29.5. The van der Waals surface area contributed by atoms with E-state index in [0.717, 1.165) is 163 Å². The highest BCUT2D eigenvalue weighted by Crippen LogP contribution is 2.38. The fourth-order valence-corrected chi connectivity index (χ4v) is 21.3. The summed E-state index contributed by atoms with van der Waals surface area (Å²) in [5.74, 6) is -0.355. The van der Waals surface area contributed by atoms with Gasteiger partial charge < -0.3 is 31.1 Å². The second-order valence-corrected chi connectivity index (χ2v) is 39.9. The molecule has 4 amide bonds. The largest absolute Gasteiger partial charge is 0.355 e. The van der Waals surface area contributed by atoms with Crippen molar-refractivity contribution in [3.05, 3.63) is 310 Å². The molecule has 8 aromatic heterocycles. The van der Waals surface area contributed by atoms with Crippen LogP contribution in [0.3, 0.4) is 0 Å². The molecule has 3 aromatic carbocycles. The van der Waals surface area contributed by atoms with Crippen LogP contribution < -0.4 is 31.1 Å². The molecule has 8 aliphatic heterocycles. The summed E-state index contributed by atoms with van der Waals surface area (Å²) in [4.78, 5) is 107. The van der Waals surface area contributed by atoms with E-state index in [4.69, 9.17) is 32.5 Å². The van der Waals surface area contributed by atoms with E-state index in [9.17, 15) is 23.6 Å². The molecule has 0 spiro atoms. The number of likely N-dealkylation sites (tertiary alicyclic amines) is 6. The lowest BCUT2D eigenvalue weighted by atomic mass is 9.92. The van der Waals surface area contributed by atoms with Crippen LogP contribution in [-0.4, -0.2) is 269 Å². The van der Waals surface area contributed by atoms with Gasteiger partial charge in [-0.2, -0.15) is 0 Å². The highest BCUT2D eigenvalue weighted by atomic mass is 35.5. The van der Waals surface area contributed by atoms with Gasteiger partial charge in [0, 0.05) is 239 Å². The van der Waals surface area contributed by atoms with Crippen molar-refractivity contribution in [2.45, 2.75) is 225 Å². The molecule has 0 radical (unpaired) electrons. The maximum atomic E-state index is 15.1. The minimum Gasteiger partial charge on any atom is -0.355 e. The van der Waals surface area contributed by atoms with Gasteiger partial charge in [-0.05, 0) is 346 Å². The van der Waals surface area contributed by atoms with Crippen LogP contribution in [0.4, 0.5) is 43.2 Å². The monoisotopic (exact) mass is 1980 g/mol. The van der Waals surface area contributed by atoms with Gasteiger partial charge in [0.25, 0.3) is 23.6 Å². The standard InChI is InChI=1S/C31H38ClN5O.C31H39N5O.C29H35FN6O.C24H33FN6O/c1-22-8-9-25(28(32)19-22)21-36-17-12-27(13-18-36)37-16-4-5-24(20-23(37)2)29-6-3-7-30(35-29)31(38)34-26-10-14-33-15-11-26;1-23-7-3-4-8-26(23)22-35-19-14-28(15-20-35)36-18-6-9-25(21-24(36)2)29-10-5-11-30(34-29)31(37)33-27-12-16-32-17-13-27;1-22-20-24(30)7-6-23(22)21-34-16-10-26(11-17-34)35-14-3-15-36(19-18-35)28-5-2-4-27(33-28)29(37)32-25-8-12-31-13-9-25;1-18(2)31-14-9-22(20(25)17-31)29-12-4-13-30(16-15-29)23-6-3-5-21(28-23)24(32)27-19-7-10-26-11-8-19/h3,6-11,14-15,19,23-24,27H,4-5,12-13,16-18,20-21H2,1-2H3,(H,33,34,38);3-5,7-8,10-13,16-17,24-25,28H,6,9,14-15,18-22H2,1-2H3,(H,32,33,37);2,4-9,12-13,20,26H,3,10-11,14-19,21H2,1H3,(H,31,32,37);3,5-8,10-11,18,20,22H,4,9,12-17H2,1-2H3,(H,26,27,32)/i16D2;18D2;15D2;13D2. The highest BCUT2D eigenvalue weighted by Gasteiger charge is 2.39. The summed E-state index contributed by atoms with van der Waals surface area (Å²) in [7, 11) is 0. The first-order chi connectivity index (χ1) is 73.0. The number of aryl methyl sites for hydroxylation is 3. The number of pyridine rings is 8. The van der Waals surface area contributed by atoms with E-state index in [0.29, 0.717) is 129 Å². The number of carbonyl (C=O) groups is 4. The third kappa shape index (κ3) is 29.8. The molecule has 6 unspecified atom stereocenters. The molecule has 19 rings (SSSR count). The van der Waals surface area contributed by atoms with Crippen LogP contribution in [-0.2, 0) is 19.6 Å². The topological polar surface area (TPSA) is 252 Å². The molecule has 144 heavy (non-hydrogen) atoms. The number of nitrogens with zero attached hydrogens (tertiary/aromatic N) is 18. The van der Waals surface area contributed by atoms with Gasteiger partial charge in [-0.3, -0.25) is 78.3 Å². The van der Waals surface area contributed by atoms with E-state index in [1.165, 1.54) is 22.8 Å². The molecule has 8 fully saturated rings. The number of hydrogen-bond donors (Lipinski definition) is 4. The number of benzene rings is 3. The van der Waals surface area contributed by atoms with E-state index in [1.54, 1.807) is 163 Å². The zero-order chi connectivity index (χ0) is 107. The Hall–Kier alpha value is -11.8. The number of halogens is 3. The van der Waals surface area contributed by atoms with Gasteiger partial charge in [0.15, 0.2) is 0 Å². The molecule has 6 atom stereocenters. The fraction of sp³-hybridized carbons (Fsp3) is 0.461. The molecule has 29 heteroatoms. The quantitative estimate of drug-likeness (QED) is 0.0464. The Morgan fingerprint density at radius 1 is 0.403 bits per heavy atom. The van der Waals surface area contributed by atoms with Crippen molar-refractivity contribution >= 4 is 69.6 Å². The molecule has 26 nitrogen and oxygen atoms in total. The van der Waals surface area contributed by atoms with Crippen LogP contribution in [0, 0.1) is 26.6 Å². The van der Waals surface area contributed by atoms with Crippen molar-refractivity contribution in [3.8, 4) is 0 Å². The third-order valence-electron chi connectivity index (χ3n) is 29.2. The number of anilines is 6. The van der Waals surface area contributed by atoms with Crippen LogP contribution in [0.5, 0.6) is 0 Å². The lowest BCUT2D eigenvalue weighted by Crippen LogP contribution is -2.54. The number of hydrogen-bond acceptors (Lipinski definition) is 22. The van der Waals surface area contributed by atoms with Crippen LogP contribution in [0.1, 0.15) is 234 Å². The normalized spacial score (nSPS) is 23.3. The average molecular weight is 1980 g/mol. The van der Waals surface area contributed by atoms with Crippen LogP contribution in [0.25, 0.3) is 0 Å². The van der Waals surface area contributed by atoms with Crippen molar-refractivity contribution in [3.63, 3.8) is 0 Å². The molecule has 8 saturated heterocycles. The first-order valence-corrected chi connectivity index (χ1v) is 51.8. The summed E-state index contributed by atoms with van der Waals surface area (Å²) in [6.07, 6.45) is 23.1. The number of nitrogens with one attached hydrogen (secondary N) is 4. The van der Waals surface area contributed by atoms with E-state index in [-0.39, 0.29) is 89.3 Å². The average Bonchev–Trinajstić information content (AvgIpc) is 1.62. The lowest BCUT2D eigenvalue weighted by Gasteiger charge is -2.41. The molecule has 0 saturated carbocycles.